The maximum Gasteiger partial charge on any atom is 0.220 e. The Morgan fingerprint density at radius 1 is 1.09 bits per heavy atom. The van der Waals surface area contributed by atoms with E-state index in [4.69, 9.17) is 5.73 Å². The van der Waals surface area contributed by atoms with Crippen molar-refractivity contribution in [3.63, 3.8) is 0 Å². The highest BCUT2D eigenvalue weighted by Gasteiger charge is 2.24. The summed E-state index contributed by atoms with van der Waals surface area (Å²) < 4.78 is 0. The largest absolute Gasteiger partial charge is 0.371 e. The van der Waals surface area contributed by atoms with Crippen LogP contribution in [0.3, 0.4) is 0 Å². The molecular weight excluding hydrogens is 410 g/mol. The molecule has 2 saturated heterocycles. The molecule has 6 nitrogen and oxygen atoms in total. The topological polar surface area (TPSA) is 65.2 Å². The number of piperazine rings is 1. The quantitative estimate of drug-likeness (QED) is 0.464. The van der Waals surface area contributed by atoms with Gasteiger partial charge >= 0.3 is 0 Å². The number of amides is 1. The number of nitrogens with zero attached hydrogens (tertiary/aromatic N) is 4. The van der Waals surface area contributed by atoms with E-state index < -0.39 is 0 Å². The zero-order chi connectivity index (χ0) is 24.0. The smallest absolute Gasteiger partial charge is 0.220 e. The Morgan fingerprint density at radius 2 is 1.76 bits per heavy atom. The van der Waals surface area contributed by atoms with Gasteiger partial charge in [0, 0.05) is 63.0 Å². The summed E-state index contributed by atoms with van der Waals surface area (Å²) in [6, 6.07) is 6.10. The molecule has 0 unspecified atom stereocenters. The second-order valence-electron chi connectivity index (χ2n) is 9.10. The minimum absolute atomic E-state index is 0.0336. The molecule has 1 aromatic rings. The predicted octanol–water partition coefficient (Wildman–Crippen LogP) is 3.65. The van der Waals surface area contributed by atoms with Crippen LogP contribution in [0.2, 0.25) is 0 Å². The van der Waals surface area contributed by atoms with E-state index in [1.807, 2.05) is 24.3 Å². The van der Waals surface area contributed by atoms with Gasteiger partial charge in [0.05, 0.1) is 5.69 Å². The highest BCUT2D eigenvalue weighted by Crippen LogP contribution is 2.34. The number of carbonyl (C=O) groups excluding carboxylic acids is 1. The van der Waals surface area contributed by atoms with Gasteiger partial charge in [-0.05, 0) is 61.5 Å². The van der Waals surface area contributed by atoms with Crippen LogP contribution in [0, 0.1) is 5.92 Å². The lowest BCUT2D eigenvalue weighted by molar-refractivity contribution is -0.122. The average molecular weight is 448 g/mol. The molecule has 0 spiro atoms. The minimum atomic E-state index is -0.202. The lowest BCUT2D eigenvalue weighted by Gasteiger charge is -2.32. The summed E-state index contributed by atoms with van der Waals surface area (Å²) in [5, 5.41) is 0. The maximum atomic E-state index is 11.5. The van der Waals surface area contributed by atoms with Crippen molar-refractivity contribution in [2.45, 2.75) is 12.8 Å². The fourth-order valence-corrected chi connectivity index (χ4v) is 4.36. The van der Waals surface area contributed by atoms with Crippen LogP contribution in [-0.2, 0) is 4.79 Å². The third kappa shape index (κ3) is 6.53. The standard InChI is InChI=1S/C27H37N5O/c1-20(19-31-16-14-30(5)15-17-31)6-7-21(2)22(3)25-18-24(8-9-26(25)29-4)32-12-10-23(11-13-32)27(28)33/h6-9,18,23H,1-4,10-17,19H2,5H3,(H2,28,33)/b7-6-. The number of hydrogen-bond donors (Lipinski definition) is 1. The van der Waals surface area contributed by atoms with Crippen molar-refractivity contribution in [3.8, 4) is 0 Å². The Morgan fingerprint density at radius 3 is 2.36 bits per heavy atom. The first-order valence-electron chi connectivity index (χ1n) is 11.6. The number of primary amides is 1. The lowest BCUT2D eigenvalue weighted by atomic mass is 9.94. The number of allylic oxidation sites excluding steroid dienone is 3. The number of nitrogens with two attached hydrogens (primary N) is 1. The zero-order valence-electron chi connectivity index (χ0n) is 19.9. The number of carbonyl (C=O) groups is 1. The Hall–Kier alpha value is -2.96. The van der Waals surface area contributed by atoms with E-state index in [1.54, 1.807) is 0 Å². The van der Waals surface area contributed by atoms with Gasteiger partial charge in [-0.25, -0.2) is 0 Å². The molecule has 0 saturated carbocycles. The fraction of sp³-hybridized carbons (Fsp3) is 0.407. The van der Waals surface area contributed by atoms with Gasteiger partial charge in [0.15, 0.2) is 0 Å². The van der Waals surface area contributed by atoms with Crippen LogP contribution in [0.1, 0.15) is 18.4 Å². The third-order valence-electron chi connectivity index (χ3n) is 6.67. The molecule has 1 aromatic carbocycles. The highest BCUT2D eigenvalue weighted by atomic mass is 16.1. The van der Waals surface area contributed by atoms with Crippen LogP contribution in [0.15, 0.2) is 66.2 Å². The fourth-order valence-electron chi connectivity index (χ4n) is 4.36. The summed E-state index contributed by atoms with van der Waals surface area (Å²) in [6.45, 7) is 23.2. The van der Waals surface area contributed by atoms with Crippen molar-refractivity contribution in [3.05, 3.63) is 66.8 Å². The summed E-state index contributed by atoms with van der Waals surface area (Å²) in [4.78, 5) is 22.7. The van der Waals surface area contributed by atoms with Gasteiger partial charge in [0.2, 0.25) is 5.91 Å². The van der Waals surface area contributed by atoms with Crippen molar-refractivity contribution < 1.29 is 4.79 Å². The SMILES string of the molecule is C=Nc1ccc(N2CCC(C(N)=O)CC2)cc1C(=C)C(=C)/C=C\C(=C)CN1CCN(C)CC1. The second-order valence-corrected chi connectivity index (χ2v) is 9.10. The van der Waals surface area contributed by atoms with Crippen molar-refractivity contribution in [2.24, 2.45) is 16.6 Å². The Bertz CT molecular complexity index is 947. The molecule has 3 rings (SSSR count). The maximum absolute atomic E-state index is 11.5. The number of piperidine rings is 1. The number of anilines is 1. The number of likely N-dealkylation sites (N-methyl/N-ethyl adjacent to an activating group) is 1. The highest BCUT2D eigenvalue weighted by molar-refractivity contribution is 5.87. The van der Waals surface area contributed by atoms with E-state index in [-0.39, 0.29) is 11.8 Å². The van der Waals surface area contributed by atoms with E-state index in [1.165, 1.54) is 0 Å². The monoisotopic (exact) mass is 447 g/mol. The number of rotatable bonds is 9. The van der Waals surface area contributed by atoms with Gasteiger partial charge in [-0.1, -0.05) is 31.9 Å². The molecule has 2 N–H and O–H groups in total. The third-order valence-corrected chi connectivity index (χ3v) is 6.67. The molecule has 2 aliphatic rings. The molecule has 2 aliphatic heterocycles. The first-order chi connectivity index (χ1) is 15.8. The van der Waals surface area contributed by atoms with Gasteiger partial charge in [0.1, 0.15) is 0 Å². The van der Waals surface area contributed by atoms with Crippen molar-refractivity contribution in [1.82, 2.24) is 9.80 Å². The molecule has 0 atom stereocenters. The van der Waals surface area contributed by atoms with Gasteiger partial charge < -0.3 is 15.5 Å². The van der Waals surface area contributed by atoms with Crippen LogP contribution < -0.4 is 10.6 Å². The number of benzene rings is 1. The Labute approximate surface area is 198 Å². The molecule has 1 amide bonds. The summed E-state index contributed by atoms with van der Waals surface area (Å²) in [7, 11) is 2.16. The van der Waals surface area contributed by atoms with E-state index >= 15 is 0 Å². The van der Waals surface area contributed by atoms with Crippen molar-refractivity contribution >= 4 is 29.6 Å². The Kier molecular flexibility index (Phi) is 8.42. The van der Waals surface area contributed by atoms with Gasteiger partial charge in [-0.15, -0.1) is 0 Å². The van der Waals surface area contributed by atoms with Crippen LogP contribution in [0.4, 0.5) is 11.4 Å². The average Bonchev–Trinajstić information content (AvgIpc) is 2.83. The summed E-state index contributed by atoms with van der Waals surface area (Å²) >= 11 is 0. The molecule has 33 heavy (non-hydrogen) atoms. The predicted molar refractivity (Wildman–Crippen MR) is 140 cm³/mol. The molecule has 6 heteroatoms. The number of aliphatic imine (C=N–C) groups is 1. The zero-order valence-corrected chi connectivity index (χ0v) is 19.9. The van der Waals surface area contributed by atoms with Crippen LogP contribution in [0.5, 0.6) is 0 Å². The second kappa shape index (κ2) is 11.3. The van der Waals surface area contributed by atoms with Crippen LogP contribution >= 0.6 is 0 Å². The molecule has 0 aliphatic carbocycles. The van der Waals surface area contributed by atoms with Crippen molar-refractivity contribution in [2.75, 3.05) is 57.8 Å². The molecule has 0 aromatic heterocycles. The first-order valence-corrected chi connectivity index (χ1v) is 11.6. The molecule has 0 bridgehead atoms. The summed E-state index contributed by atoms with van der Waals surface area (Å²) in [5.41, 5.74) is 10.9. The van der Waals surface area contributed by atoms with Gasteiger partial charge in [-0.3, -0.25) is 14.7 Å². The van der Waals surface area contributed by atoms with E-state index in [0.29, 0.717) is 0 Å². The van der Waals surface area contributed by atoms with Crippen LogP contribution in [-0.4, -0.2) is 75.3 Å². The molecular formula is C27H37N5O. The Balaban J connectivity index is 1.65. The van der Waals surface area contributed by atoms with Gasteiger partial charge in [0.25, 0.3) is 0 Å². The van der Waals surface area contributed by atoms with Gasteiger partial charge in [-0.2, -0.15) is 0 Å². The normalized spacial score (nSPS) is 18.4. The van der Waals surface area contributed by atoms with E-state index in [0.717, 1.165) is 92.3 Å². The molecule has 176 valence electrons. The first kappa shape index (κ1) is 24.7. The minimum Gasteiger partial charge on any atom is -0.371 e. The lowest BCUT2D eigenvalue weighted by Crippen LogP contribution is -2.44. The van der Waals surface area contributed by atoms with Crippen molar-refractivity contribution in [1.29, 1.82) is 0 Å². The molecule has 2 heterocycles. The van der Waals surface area contributed by atoms with Crippen LogP contribution in [0.25, 0.3) is 5.57 Å². The molecule has 2 fully saturated rings. The number of hydrogen-bond acceptors (Lipinski definition) is 5. The van der Waals surface area contributed by atoms with E-state index in [2.05, 4.69) is 59.3 Å². The molecule has 0 radical (unpaired) electrons. The summed E-state index contributed by atoms with van der Waals surface area (Å²) in [6.07, 6.45) is 5.57. The van der Waals surface area contributed by atoms with E-state index in [9.17, 15) is 4.79 Å². The summed E-state index contributed by atoms with van der Waals surface area (Å²) in [5.74, 6) is -0.235.